The first-order valence-corrected chi connectivity index (χ1v) is 5.90. The second kappa shape index (κ2) is 5.33. The van der Waals surface area contributed by atoms with E-state index in [0.717, 1.165) is 22.7 Å². The third-order valence-electron chi connectivity index (χ3n) is 2.54. The third-order valence-corrected chi connectivity index (χ3v) is 2.77. The minimum atomic E-state index is 0.374. The molecule has 94 valence electrons. The number of methoxy groups -OCH3 is 1. The van der Waals surface area contributed by atoms with Gasteiger partial charge in [-0.15, -0.1) is 0 Å². The minimum absolute atomic E-state index is 0.374. The van der Waals surface area contributed by atoms with Crippen molar-refractivity contribution in [3.63, 3.8) is 0 Å². The summed E-state index contributed by atoms with van der Waals surface area (Å²) in [4.78, 5) is 8.64. The quantitative estimate of drug-likeness (QED) is 0.925. The Morgan fingerprint density at radius 3 is 2.72 bits per heavy atom. The zero-order valence-corrected chi connectivity index (χ0v) is 11.0. The molecule has 2 rings (SSSR count). The van der Waals surface area contributed by atoms with Crippen LogP contribution in [0, 0.1) is 6.92 Å². The number of nitrogens with zero attached hydrogens (tertiary/aromatic N) is 2. The first kappa shape index (κ1) is 12.8. The third kappa shape index (κ3) is 2.60. The number of benzene rings is 1. The summed E-state index contributed by atoms with van der Waals surface area (Å²) in [5.41, 5.74) is 8.01. The van der Waals surface area contributed by atoms with Crippen LogP contribution in [0.1, 0.15) is 11.5 Å². The van der Waals surface area contributed by atoms with E-state index in [1.54, 1.807) is 13.2 Å². The van der Waals surface area contributed by atoms with Gasteiger partial charge in [0.15, 0.2) is 0 Å². The largest absolute Gasteiger partial charge is 0.496 e. The van der Waals surface area contributed by atoms with Gasteiger partial charge in [-0.05, 0) is 31.2 Å². The molecule has 18 heavy (non-hydrogen) atoms. The normalized spacial score (nSPS) is 10.4. The fourth-order valence-corrected chi connectivity index (χ4v) is 1.92. The number of nitrogens with two attached hydrogens (primary N) is 1. The summed E-state index contributed by atoms with van der Waals surface area (Å²) in [6.07, 6.45) is 0. The van der Waals surface area contributed by atoms with Gasteiger partial charge in [0.1, 0.15) is 11.6 Å². The molecule has 2 aromatic rings. The standard InChI is InChI=1S/C13H14ClN3O/c1-8-16-10(7-15)6-12(17-8)11-5-9(14)3-4-13(11)18-2/h3-6H,7,15H2,1-2H3. The first-order valence-electron chi connectivity index (χ1n) is 5.52. The Balaban J connectivity index is 2.60. The number of aromatic nitrogens is 2. The molecular weight excluding hydrogens is 250 g/mol. The lowest BCUT2D eigenvalue weighted by molar-refractivity contribution is 0.416. The fraction of sp³-hybridized carbons (Fsp3) is 0.231. The summed E-state index contributed by atoms with van der Waals surface area (Å²) in [6.45, 7) is 2.21. The van der Waals surface area contributed by atoms with Crippen LogP contribution in [0.3, 0.4) is 0 Å². The van der Waals surface area contributed by atoms with Gasteiger partial charge >= 0.3 is 0 Å². The van der Waals surface area contributed by atoms with Crippen LogP contribution in [-0.4, -0.2) is 17.1 Å². The van der Waals surface area contributed by atoms with Crippen LogP contribution in [0.4, 0.5) is 0 Å². The molecule has 0 spiro atoms. The number of halogens is 1. The lowest BCUT2D eigenvalue weighted by atomic mass is 10.1. The molecule has 1 aromatic carbocycles. The smallest absolute Gasteiger partial charge is 0.128 e. The van der Waals surface area contributed by atoms with Crippen molar-refractivity contribution in [3.05, 3.63) is 40.8 Å². The average molecular weight is 264 g/mol. The molecular formula is C13H14ClN3O. The molecule has 0 saturated carbocycles. The van der Waals surface area contributed by atoms with E-state index < -0.39 is 0 Å². The highest BCUT2D eigenvalue weighted by Gasteiger charge is 2.10. The zero-order chi connectivity index (χ0) is 13.1. The maximum atomic E-state index is 6.01. The molecule has 4 nitrogen and oxygen atoms in total. The van der Waals surface area contributed by atoms with Crippen LogP contribution < -0.4 is 10.5 Å². The van der Waals surface area contributed by atoms with Gasteiger partial charge in [-0.3, -0.25) is 0 Å². The van der Waals surface area contributed by atoms with E-state index in [1.165, 1.54) is 0 Å². The highest BCUT2D eigenvalue weighted by atomic mass is 35.5. The lowest BCUT2D eigenvalue weighted by Crippen LogP contribution is -2.03. The molecule has 2 N–H and O–H groups in total. The van der Waals surface area contributed by atoms with E-state index in [2.05, 4.69) is 9.97 Å². The molecule has 0 aliphatic carbocycles. The van der Waals surface area contributed by atoms with Crippen LogP contribution >= 0.6 is 11.6 Å². The highest BCUT2D eigenvalue weighted by molar-refractivity contribution is 6.30. The monoisotopic (exact) mass is 263 g/mol. The molecule has 0 saturated heterocycles. The van der Waals surface area contributed by atoms with E-state index in [-0.39, 0.29) is 0 Å². The van der Waals surface area contributed by atoms with Gasteiger partial charge in [0.05, 0.1) is 18.5 Å². The van der Waals surface area contributed by atoms with Crippen LogP contribution in [0.5, 0.6) is 5.75 Å². The van der Waals surface area contributed by atoms with E-state index in [1.807, 2.05) is 25.1 Å². The molecule has 0 aliphatic rings. The van der Waals surface area contributed by atoms with Crippen molar-refractivity contribution in [2.45, 2.75) is 13.5 Å². The first-order chi connectivity index (χ1) is 8.63. The van der Waals surface area contributed by atoms with Crippen molar-refractivity contribution in [2.24, 2.45) is 5.73 Å². The molecule has 5 heteroatoms. The Labute approximate surface area is 111 Å². The van der Waals surface area contributed by atoms with Crippen LogP contribution in [0.15, 0.2) is 24.3 Å². The van der Waals surface area contributed by atoms with Crippen molar-refractivity contribution in [1.29, 1.82) is 0 Å². The van der Waals surface area contributed by atoms with Crippen molar-refractivity contribution in [3.8, 4) is 17.0 Å². The van der Waals surface area contributed by atoms with Crippen LogP contribution in [-0.2, 0) is 6.54 Å². The molecule has 0 radical (unpaired) electrons. The van der Waals surface area contributed by atoms with Crippen LogP contribution in [0.2, 0.25) is 5.02 Å². The van der Waals surface area contributed by atoms with Gasteiger partial charge in [-0.2, -0.15) is 0 Å². The summed E-state index contributed by atoms with van der Waals surface area (Å²) in [7, 11) is 1.62. The van der Waals surface area contributed by atoms with Crippen molar-refractivity contribution < 1.29 is 4.74 Å². The van der Waals surface area contributed by atoms with E-state index in [0.29, 0.717) is 17.4 Å². The predicted octanol–water partition coefficient (Wildman–Crippen LogP) is 2.57. The Hall–Kier alpha value is -1.65. The van der Waals surface area contributed by atoms with Crippen molar-refractivity contribution in [2.75, 3.05) is 7.11 Å². The number of aryl methyl sites for hydroxylation is 1. The van der Waals surface area contributed by atoms with E-state index in [4.69, 9.17) is 22.1 Å². The van der Waals surface area contributed by atoms with Gasteiger partial charge in [0.25, 0.3) is 0 Å². The highest BCUT2D eigenvalue weighted by Crippen LogP contribution is 2.31. The number of hydrogen-bond donors (Lipinski definition) is 1. The molecule has 0 aliphatic heterocycles. The molecule has 0 atom stereocenters. The predicted molar refractivity (Wildman–Crippen MR) is 71.7 cm³/mol. The van der Waals surface area contributed by atoms with Crippen molar-refractivity contribution >= 4 is 11.6 Å². The summed E-state index contributed by atoms with van der Waals surface area (Å²) >= 11 is 6.01. The van der Waals surface area contributed by atoms with Gasteiger partial charge in [0, 0.05) is 17.1 Å². The lowest BCUT2D eigenvalue weighted by Gasteiger charge is -2.10. The SMILES string of the molecule is COc1ccc(Cl)cc1-c1cc(CN)nc(C)n1. The Morgan fingerprint density at radius 2 is 2.06 bits per heavy atom. The molecule has 0 amide bonds. The Bertz CT molecular complexity index is 572. The van der Waals surface area contributed by atoms with Gasteiger partial charge in [0.2, 0.25) is 0 Å². The van der Waals surface area contributed by atoms with Crippen LogP contribution in [0.25, 0.3) is 11.3 Å². The number of hydrogen-bond acceptors (Lipinski definition) is 4. The van der Waals surface area contributed by atoms with Crippen molar-refractivity contribution in [1.82, 2.24) is 9.97 Å². The Morgan fingerprint density at radius 1 is 1.28 bits per heavy atom. The molecule has 1 heterocycles. The molecule has 1 aromatic heterocycles. The summed E-state index contributed by atoms with van der Waals surface area (Å²) < 4.78 is 5.32. The summed E-state index contributed by atoms with van der Waals surface area (Å²) in [5.74, 6) is 1.40. The molecule has 0 fully saturated rings. The minimum Gasteiger partial charge on any atom is -0.496 e. The zero-order valence-electron chi connectivity index (χ0n) is 10.3. The average Bonchev–Trinajstić information content (AvgIpc) is 2.38. The maximum Gasteiger partial charge on any atom is 0.128 e. The summed E-state index contributed by atoms with van der Waals surface area (Å²) in [6, 6.07) is 7.27. The number of ether oxygens (including phenoxy) is 1. The van der Waals surface area contributed by atoms with E-state index >= 15 is 0 Å². The Kier molecular flexibility index (Phi) is 3.79. The maximum absolute atomic E-state index is 6.01. The topological polar surface area (TPSA) is 61.0 Å². The molecule has 0 unspecified atom stereocenters. The number of rotatable bonds is 3. The van der Waals surface area contributed by atoms with E-state index in [9.17, 15) is 0 Å². The van der Waals surface area contributed by atoms with Gasteiger partial charge in [-0.1, -0.05) is 11.6 Å². The van der Waals surface area contributed by atoms with Gasteiger partial charge < -0.3 is 10.5 Å². The fourth-order valence-electron chi connectivity index (χ4n) is 1.75. The summed E-state index contributed by atoms with van der Waals surface area (Å²) in [5, 5.41) is 0.636. The second-order valence-corrected chi connectivity index (χ2v) is 4.28. The second-order valence-electron chi connectivity index (χ2n) is 3.84. The molecule has 0 bridgehead atoms. The van der Waals surface area contributed by atoms with Gasteiger partial charge in [-0.25, -0.2) is 9.97 Å².